The fourth-order valence-electron chi connectivity index (χ4n) is 2.13. The fraction of sp³-hybridized carbons (Fsp3) is 0.467. The van der Waals surface area contributed by atoms with E-state index < -0.39 is 0 Å². The number of benzene rings is 1. The molecule has 3 nitrogen and oxygen atoms in total. The topological polar surface area (TPSA) is 28.4 Å². The van der Waals surface area contributed by atoms with Crippen LogP contribution in [-0.4, -0.2) is 32.1 Å². The molecule has 0 atom stereocenters. The summed E-state index contributed by atoms with van der Waals surface area (Å²) in [6.45, 7) is 4.68. The van der Waals surface area contributed by atoms with Gasteiger partial charge in [0.1, 0.15) is 17.2 Å². The molecule has 0 spiro atoms. The van der Waals surface area contributed by atoms with E-state index in [4.69, 9.17) is 4.42 Å². The van der Waals surface area contributed by atoms with Crippen molar-refractivity contribution >= 4 is 11.0 Å². The number of rotatable bonds is 6. The molecular weight excluding hydrogens is 243 g/mol. The average molecular weight is 264 g/mol. The fourth-order valence-corrected chi connectivity index (χ4v) is 2.13. The quantitative estimate of drug-likeness (QED) is 0.813. The number of hydrogen-bond donors (Lipinski definition) is 1. The zero-order valence-corrected chi connectivity index (χ0v) is 11.8. The predicted molar refractivity (Wildman–Crippen MR) is 75.8 cm³/mol. The Morgan fingerprint density at radius 1 is 1.32 bits per heavy atom. The summed E-state index contributed by atoms with van der Waals surface area (Å²) in [7, 11) is 4.13. The van der Waals surface area contributed by atoms with Gasteiger partial charge < -0.3 is 14.6 Å². The molecule has 0 unspecified atom stereocenters. The predicted octanol–water partition coefficient (Wildman–Crippen LogP) is 2.92. The largest absolute Gasteiger partial charge is 0.459 e. The summed E-state index contributed by atoms with van der Waals surface area (Å²) in [5.74, 6) is 0.673. The van der Waals surface area contributed by atoms with E-state index in [-0.39, 0.29) is 5.82 Å². The Hall–Kier alpha value is -1.39. The number of furan rings is 1. The molecule has 0 fully saturated rings. The van der Waals surface area contributed by atoms with E-state index in [0.717, 1.165) is 41.8 Å². The van der Waals surface area contributed by atoms with E-state index in [9.17, 15) is 4.39 Å². The third kappa shape index (κ3) is 3.55. The van der Waals surface area contributed by atoms with Crippen LogP contribution in [0.3, 0.4) is 0 Å². The van der Waals surface area contributed by atoms with Crippen LogP contribution in [0.15, 0.2) is 22.6 Å². The van der Waals surface area contributed by atoms with Gasteiger partial charge in [-0.05, 0) is 64.3 Å². The van der Waals surface area contributed by atoms with E-state index in [0.29, 0.717) is 6.54 Å². The number of fused-ring (bicyclic) bond motifs is 1. The molecule has 0 aliphatic rings. The summed E-state index contributed by atoms with van der Waals surface area (Å²) in [4.78, 5) is 2.16. The molecule has 1 N–H and O–H groups in total. The molecule has 0 bridgehead atoms. The monoisotopic (exact) mass is 264 g/mol. The Labute approximate surface area is 113 Å². The molecule has 0 saturated heterocycles. The Bertz CT molecular complexity index is 548. The van der Waals surface area contributed by atoms with Gasteiger partial charge >= 0.3 is 0 Å². The third-order valence-corrected chi connectivity index (χ3v) is 3.24. The molecule has 0 saturated carbocycles. The first-order valence-corrected chi connectivity index (χ1v) is 6.61. The molecule has 1 aromatic carbocycles. The lowest BCUT2D eigenvalue weighted by Crippen LogP contribution is -2.21. The van der Waals surface area contributed by atoms with Crippen molar-refractivity contribution in [3.63, 3.8) is 0 Å². The highest BCUT2D eigenvalue weighted by Crippen LogP contribution is 2.25. The van der Waals surface area contributed by atoms with Crippen LogP contribution in [0.1, 0.15) is 17.7 Å². The zero-order chi connectivity index (χ0) is 13.8. The minimum absolute atomic E-state index is 0.220. The molecule has 0 aliphatic carbocycles. The summed E-state index contributed by atoms with van der Waals surface area (Å²) in [5, 5.41) is 4.23. The second-order valence-electron chi connectivity index (χ2n) is 5.12. The summed E-state index contributed by atoms with van der Waals surface area (Å²) in [6.07, 6.45) is 1.10. The highest BCUT2D eigenvalue weighted by Gasteiger charge is 2.10. The Morgan fingerprint density at radius 3 is 2.84 bits per heavy atom. The molecule has 2 aromatic rings. The first-order chi connectivity index (χ1) is 9.08. The van der Waals surface area contributed by atoms with Gasteiger partial charge in [0, 0.05) is 5.39 Å². The van der Waals surface area contributed by atoms with Crippen LogP contribution in [0.2, 0.25) is 0 Å². The van der Waals surface area contributed by atoms with Crippen LogP contribution in [0, 0.1) is 12.7 Å². The highest BCUT2D eigenvalue weighted by atomic mass is 19.1. The van der Waals surface area contributed by atoms with Crippen LogP contribution in [0.25, 0.3) is 11.0 Å². The van der Waals surface area contributed by atoms with Gasteiger partial charge in [0.2, 0.25) is 0 Å². The second-order valence-corrected chi connectivity index (χ2v) is 5.12. The van der Waals surface area contributed by atoms with Crippen molar-refractivity contribution in [1.82, 2.24) is 10.2 Å². The zero-order valence-electron chi connectivity index (χ0n) is 11.8. The van der Waals surface area contributed by atoms with Gasteiger partial charge in [-0.15, -0.1) is 0 Å². The van der Waals surface area contributed by atoms with E-state index >= 15 is 0 Å². The molecule has 0 radical (unpaired) electrons. The van der Waals surface area contributed by atoms with Gasteiger partial charge in [-0.2, -0.15) is 0 Å². The van der Waals surface area contributed by atoms with E-state index in [1.165, 1.54) is 12.1 Å². The smallest absolute Gasteiger partial charge is 0.134 e. The van der Waals surface area contributed by atoms with Crippen LogP contribution < -0.4 is 5.32 Å². The minimum Gasteiger partial charge on any atom is -0.459 e. The average Bonchev–Trinajstić information content (AvgIpc) is 2.66. The molecule has 0 amide bonds. The Kier molecular flexibility index (Phi) is 4.56. The van der Waals surface area contributed by atoms with Crippen molar-refractivity contribution in [2.75, 3.05) is 27.2 Å². The standard InChI is InChI=1S/C15H21FN2O/c1-11-13-9-12(16)5-6-14(13)19-15(11)10-17-7-4-8-18(2)3/h5-6,9,17H,4,7-8,10H2,1-3H3. The molecular formula is C15H21FN2O. The molecule has 2 rings (SSSR count). The van der Waals surface area contributed by atoms with E-state index in [1.807, 2.05) is 6.92 Å². The maximum atomic E-state index is 13.2. The van der Waals surface area contributed by atoms with Crippen LogP contribution >= 0.6 is 0 Å². The van der Waals surface area contributed by atoms with Crippen LogP contribution in [-0.2, 0) is 6.54 Å². The molecule has 1 aromatic heterocycles. The van der Waals surface area contributed by atoms with Crippen molar-refractivity contribution in [1.29, 1.82) is 0 Å². The maximum absolute atomic E-state index is 13.2. The van der Waals surface area contributed by atoms with Crippen molar-refractivity contribution in [2.45, 2.75) is 19.9 Å². The van der Waals surface area contributed by atoms with E-state index in [1.54, 1.807) is 6.07 Å². The lowest BCUT2D eigenvalue weighted by molar-refractivity contribution is 0.391. The van der Waals surface area contributed by atoms with Crippen molar-refractivity contribution in [2.24, 2.45) is 0 Å². The second kappa shape index (κ2) is 6.17. The van der Waals surface area contributed by atoms with Crippen molar-refractivity contribution in [3.05, 3.63) is 35.3 Å². The molecule has 4 heteroatoms. The molecule has 104 valence electrons. The summed E-state index contributed by atoms with van der Waals surface area (Å²) in [5.41, 5.74) is 1.78. The minimum atomic E-state index is -0.220. The SMILES string of the molecule is Cc1c(CNCCCN(C)C)oc2ccc(F)cc12. The van der Waals surface area contributed by atoms with Crippen LogP contribution in [0.5, 0.6) is 0 Å². The van der Waals surface area contributed by atoms with Crippen molar-refractivity contribution < 1.29 is 8.81 Å². The van der Waals surface area contributed by atoms with E-state index in [2.05, 4.69) is 24.3 Å². The maximum Gasteiger partial charge on any atom is 0.134 e. The number of aryl methyl sites for hydroxylation is 1. The molecule has 19 heavy (non-hydrogen) atoms. The van der Waals surface area contributed by atoms with Gasteiger partial charge in [-0.1, -0.05) is 0 Å². The molecule has 0 aliphatic heterocycles. The lowest BCUT2D eigenvalue weighted by atomic mass is 10.1. The number of nitrogens with zero attached hydrogens (tertiary/aromatic N) is 1. The summed E-state index contributed by atoms with van der Waals surface area (Å²) in [6, 6.07) is 4.65. The number of nitrogens with one attached hydrogen (secondary N) is 1. The first kappa shape index (κ1) is 14.0. The Balaban J connectivity index is 1.95. The Morgan fingerprint density at radius 2 is 2.11 bits per heavy atom. The lowest BCUT2D eigenvalue weighted by Gasteiger charge is -2.09. The van der Waals surface area contributed by atoms with Gasteiger partial charge in [0.05, 0.1) is 6.54 Å². The number of halogens is 1. The molecule has 1 heterocycles. The summed E-state index contributed by atoms with van der Waals surface area (Å²) >= 11 is 0. The van der Waals surface area contributed by atoms with Gasteiger partial charge in [0.15, 0.2) is 0 Å². The summed E-state index contributed by atoms with van der Waals surface area (Å²) < 4.78 is 18.9. The first-order valence-electron chi connectivity index (χ1n) is 6.61. The third-order valence-electron chi connectivity index (χ3n) is 3.24. The van der Waals surface area contributed by atoms with Crippen molar-refractivity contribution in [3.8, 4) is 0 Å². The van der Waals surface area contributed by atoms with Gasteiger partial charge in [-0.25, -0.2) is 4.39 Å². The number of hydrogen-bond acceptors (Lipinski definition) is 3. The normalized spacial score (nSPS) is 11.6. The highest BCUT2D eigenvalue weighted by molar-refractivity contribution is 5.82. The van der Waals surface area contributed by atoms with Crippen LogP contribution in [0.4, 0.5) is 4.39 Å². The van der Waals surface area contributed by atoms with Gasteiger partial charge in [0.25, 0.3) is 0 Å². The van der Waals surface area contributed by atoms with Gasteiger partial charge in [-0.3, -0.25) is 0 Å².